The molecule has 2 unspecified atom stereocenters. The molecule has 2 fully saturated rings. The van der Waals surface area contributed by atoms with Gasteiger partial charge in [-0.05, 0) is 53.5 Å². The number of rotatable bonds is 2. The molecule has 130 valence electrons. The summed E-state index contributed by atoms with van der Waals surface area (Å²) in [5.41, 5.74) is 1.75. The highest BCUT2D eigenvalue weighted by atomic mass is 35.5. The number of nitrogens with one attached hydrogen (secondary N) is 1. The third kappa shape index (κ3) is 3.56. The van der Waals surface area contributed by atoms with E-state index in [1.165, 1.54) is 18.5 Å². The van der Waals surface area contributed by atoms with Crippen LogP contribution in [0.5, 0.6) is 0 Å². The van der Waals surface area contributed by atoms with E-state index in [2.05, 4.69) is 49.7 Å². The maximum atomic E-state index is 12.9. The third-order valence-electron chi connectivity index (χ3n) is 4.88. The fraction of sp³-hybridized carbons (Fsp3) is 0.765. The summed E-state index contributed by atoms with van der Waals surface area (Å²) in [7, 11) is 0. The van der Waals surface area contributed by atoms with Gasteiger partial charge in [0.1, 0.15) is 0 Å². The Morgan fingerprint density at radius 2 is 1.96 bits per heavy atom. The van der Waals surface area contributed by atoms with Crippen molar-refractivity contribution in [1.82, 2.24) is 20.0 Å². The fourth-order valence-electron chi connectivity index (χ4n) is 3.20. The minimum atomic E-state index is -0.0845. The van der Waals surface area contributed by atoms with Gasteiger partial charge in [0.2, 0.25) is 0 Å². The molecule has 1 aromatic rings. The summed E-state index contributed by atoms with van der Waals surface area (Å²) in [6.07, 6.45) is 2.44. The molecule has 1 aliphatic heterocycles. The zero-order valence-corrected chi connectivity index (χ0v) is 15.6. The van der Waals surface area contributed by atoms with Crippen molar-refractivity contribution >= 4 is 18.3 Å². The van der Waals surface area contributed by atoms with Gasteiger partial charge in [0.15, 0.2) is 5.69 Å². The van der Waals surface area contributed by atoms with Crippen molar-refractivity contribution in [3.05, 3.63) is 17.5 Å². The number of carbonyl (C=O) groups excluding carboxylic acids is 1. The van der Waals surface area contributed by atoms with Crippen LogP contribution in [0, 0.1) is 0 Å². The molecule has 3 rings (SSSR count). The van der Waals surface area contributed by atoms with Crippen LogP contribution in [0.4, 0.5) is 0 Å². The SMILES string of the molecule is CC1NCCN(C(=O)c2cc(C3CC3)n(C(C)(C)C)n2)C1C.Cl. The van der Waals surface area contributed by atoms with Crippen LogP contribution in [0.1, 0.15) is 69.6 Å². The molecule has 0 spiro atoms. The first-order valence-electron chi connectivity index (χ1n) is 8.44. The van der Waals surface area contributed by atoms with E-state index in [0.717, 1.165) is 13.1 Å². The zero-order valence-electron chi connectivity index (χ0n) is 14.8. The molecule has 1 N–H and O–H groups in total. The Hall–Kier alpha value is -1.07. The Labute approximate surface area is 145 Å². The van der Waals surface area contributed by atoms with Crippen LogP contribution >= 0.6 is 12.4 Å². The Kier molecular flexibility index (Phi) is 5.12. The second-order valence-electron chi connectivity index (χ2n) is 7.79. The molecule has 1 saturated carbocycles. The molecule has 2 heterocycles. The smallest absolute Gasteiger partial charge is 0.274 e. The van der Waals surface area contributed by atoms with Gasteiger partial charge in [-0.15, -0.1) is 12.4 Å². The van der Waals surface area contributed by atoms with Gasteiger partial charge in [0, 0.05) is 36.8 Å². The summed E-state index contributed by atoms with van der Waals surface area (Å²) < 4.78 is 2.06. The van der Waals surface area contributed by atoms with Crippen LogP contribution < -0.4 is 5.32 Å². The van der Waals surface area contributed by atoms with E-state index in [9.17, 15) is 4.79 Å². The molecule has 1 amide bonds. The number of amides is 1. The predicted molar refractivity (Wildman–Crippen MR) is 94.4 cm³/mol. The molecular weight excluding hydrogens is 312 g/mol. The topological polar surface area (TPSA) is 50.2 Å². The summed E-state index contributed by atoms with van der Waals surface area (Å²) in [5, 5.41) is 8.10. The molecule has 2 atom stereocenters. The number of aromatic nitrogens is 2. The molecule has 0 aromatic carbocycles. The van der Waals surface area contributed by atoms with Gasteiger partial charge in [-0.1, -0.05) is 0 Å². The van der Waals surface area contributed by atoms with Gasteiger partial charge in [-0.2, -0.15) is 5.10 Å². The Bertz CT molecular complexity index is 574. The second kappa shape index (κ2) is 6.44. The standard InChI is InChI=1S/C17H28N4O.ClH/c1-11-12(2)20(9-8-18-11)16(22)14-10-15(13-6-7-13)21(19-14)17(3,4)5;/h10-13,18H,6-9H2,1-5H3;1H. The number of nitrogens with zero attached hydrogens (tertiary/aromatic N) is 3. The Balaban J connectivity index is 0.00000192. The van der Waals surface area contributed by atoms with Crippen molar-refractivity contribution in [1.29, 1.82) is 0 Å². The zero-order chi connectivity index (χ0) is 16.1. The number of hydrogen-bond donors (Lipinski definition) is 1. The van der Waals surface area contributed by atoms with Gasteiger partial charge in [0.25, 0.3) is 5.91 Å². The van der Waals surface area contributed by atoms with E-state index in [0.29, 0.717) is 17.7 Å². The highest BCUT2D eigenvalue weighted by Gasteiger charge is 2.35. The summed E-state index contributed by atoms with van der Waals surface area (Å²) in [4.78, 5) is 14.9. The van der Waals surface area contributed by atoms with Crippen molar-refractivity contribution in [2.75, 3.05) is 13.1 Å². The van der Waals surface area contributed by atoms with Crippen LogP contribution in [-0.4, -0.2) is 45.8 Å². The van der Waals surface area contributed by atoms with Crippen LogP contribution in [0.25, 0.3) is 0 Å². The van der Waals surface area contributed by atoms with Crippen molar-refractivity contribution in [2.45, 2.75) is 71.0 Å². The maximum Gasteiger partial charge on any atom is 0.274 e. The average molecular weight is 341 g/mol. The van der Waals surface area contributed by atoms with Gasteiger partial charge in [-0.25, -0.2) is 0 Å². The highest BCUT2D eigenvalue weighted by Crippen LogP contribution is 2.41. The molecule has 6 heteroatoms. The highest BCUT2D eigenvalue weighted by molar-refractivity contribution is 5.92. The molecule has 1 aromatic heterocycles. The van der Waals surface area contributed by atoms with Crippen molar-refractivity contribution in [3.63, 3.8) is 0 Å². The van der Waals surface area contributed by atoms with Gasteiger partial charge in [-0.3, -0.25) is 9.48 Å². The molecule has 0 radical (unpaired) electrons. The van der Waals surface area contributed by atoms with Crippen LogP contribution in [0.2, 0.25) is 0 Å². The minimum Gasteiger partial charge on any atom is -0.332 e. The fourth-order valence-corrected chi connectivity index (χ4v) is 3.20. The Morgan fingerprint density at radius 3 is 2.52 bits per heavy atom. The van der Waals surface area contributed by atoms with Gasteiger partial charge in [0.05, 0.1) is 5.54 Å². The molecule has 1 saturated heterocycles. The first-order valence-corrected chi connectivity index (χ1v) is 8.44. The number of piperazine rings is 1. The van der Waals surface area contributed by atoms with Crippen LogP contribution in [-0.2, 0) is 5.54 Å². The van der Waals surface area contributed by atoms with Crippen molar-refractivity contribution in [3.8, 4) is 0 Å². The Morgan fingerprint density at radius 1 is 1.30 bits per heavy atom. The lowest BCUT2D eigenvalue weighted by molar-refractivity contribution is 0.0595. The molecule has 2 aliphatic rings. The lowest BCUT2D eigenvalue weighted by Gasteiger charge is -2.38. The molecular formula is C17H29ClN4O. The van der Waals surface area contributed by atoms with E-state index < -0.39 is 0 Å². The number of halogens is 1. The van der Waals surface area contributed by atoms with Crippen LogP contribution in [0.3, 0.4) is 0 Å². The van der Waals surface area contributed by atoms with E-state index in [-0.39, 0.29) is 29.9 Å². The normalized spacial score (nSPS) is 25.2. The van der Waals surface area contributed by atoms with E-state index >= 15 is 0 Å². The predicted octanol–water partition coefficient (Wildman–Crippen LogP) is 2.76. The quantitative estimate of drug-likeness (QED) is 0.900. The minimum absolute atomic E-state index is 0. The third-order valence-corrected chi connectivity index (χ3v) is 4.88. The summed E-state index contributed by atoms with van der Waals surface area (Å²) in [6.45, 7) is 12.3. The first kappa shape index (κ1) is 18.3. The second-order valence-corrected chi connectivity index (χ2v) is 7.79. The lowest BCUT2D eigenvalue weighted by Crippen LogP contribution is -2.57. The molecule has 0 bridgehead atoms. The maximum absolute atomic E-state index is 12.9. The van der Waals surface area contributed by atoms with Crippen molar-refractivity contribution < 1.29 is 4.79 Å². The van der Waals surface area contributed by atoms with Gasteiger partial charge < -0.3 is 10.2 Å². The summed E-state index contributed by atoms with van der Waals surface area (Å²) >= 11 is 0. The average Bonchev–Trinajstić information content (AvgIpc) is 3.18. The molecule has 5 nitrogen and oxygen atoms in total. The lowest BCUT2D eigenvalue weighted by atomic mass is 10.1. The largest absolute Gasteiger partial charge is 0.332 e. The van der Waals surface area contributed by atoms with E-state index in [4.69, 9.17) is 0 Å². The molecule has 23 heavy (non-hydrogen) atoms. The monoisotopic (exact) mass is 340 g/mol. The number of carbonyl (C=O) groups is 1. The van der Waals surface area contributed by atoms with Gasteiger partial charge >= 0.3 is 0 Å². The first-order chi connectivity index (χ1) is 10.3. The van der Waals surface area contributed by atoms with E-state index in [1.807, 2.05) is 11.0 Å². The summed E-state index contributed by atoms with van der Waals surface area (Å²) in [5.74, 6) is 0.665. The van der Waals surface area contributed by atoms with Crippen molar-refractivity contribution in [2.24, 2.45) is 0 Å². The summed E-state index contributed by atoms with van der Waals surface area (Å²) in [6, 6.07) is 2.56. The molecule has 1 aliphatic carbocycles. The van der Waals surface area contributed by atoms with E-state index in [1.54, 1.807) is 0 Å². The number of hydrogen-bond acceptors (Lipinski definition) is 3. The van der Waals surface area contributed by atoms with Crippen LogP contribution in [0.15, 0.2) is 6.07 Å².